The number of anilines is 1. The van der Waals surface area contributed by atoms with Gasteiger partial charge in [-0.2, -0.15) is 13.2 Å². The number of nitrogens with zero attached hydrogens (tertiary/aromatic N) is 1. The lowest BCUT2D eigenvalue weighted by Crippen LogP contribution is -2.48. The van der Waals surface area contributed by atoms with Crippen LogP contribution in [0.2, 0.25) is 6.82 Å². The van der Waals surface area contributed by atoms with Crippen molar-refractivity contribution in [3.63, 3.8) is 0 Å². The van der Waals surface area contributed by atoms with Crippen LogP contribution in [-0.4, -0.2) is 30.7 Å². The number of rotatable bonds is 6. The summed E-state index contributed by atoms with van der Waals surface area (Å²) in [4.78, 5) is 11.0. The van der Waals surface area contributed by atoms with E-state index in [1.165, 1.54) is 0 Å². The zero-order valence-corrected chi connectivity index (χ0v) is 11.7. The topological polar surface area (TPSA) is 64.6 Å². The second kappa shape index (κ2) is 7.32. The monoisotopic (exact) mass is 303 g/mol. The number of halogens is 3. The lowest BCUT2D eigenvalue weighted by atomic mass is 9.88. The molecule has 0 radical (unpaired) electrons. The number of amides is 1. The van der Waals surface area contributed by atoms with Crippen molar-refractivity contribution in [1.82, 2.24) is 10.7 Å². The van der Waals surface area contributed by atoms with Crippen molar-refractivity contribution in [2.45, 2.75) is 26.5 Å². The van der Waals surface area contributed by atoms with Crippen LogP contribution in [0.3, 0.4) is 0 Å². The van der Waals surface area contributed by atoms with Crippen LogP contribution in [0.4, 0.5) is 18.9 Å². The fourth-order valence-electron chi connectivity index (χ4n) is 1.61. The van der Waals surface area contributed by atoms with Gasteiger partial charge in [-0.05, 0) is 31.4 Å². The number of hydrazine groups is 1. The minimum absolute atomic E-state index is 0.176. The highest BCUT2D eigenvalue weighted by atomic mass is 19.4. The second-order valence-electron chi connectivity index (χ2n) is 4.41. The van der Waals surface area contributed by atoms with Crippen LogP contribution < -0.4 is 15.7 Å². The molecule has 0 bridgehead atoms. The second-order valence-corrected chi connectivity index (χ2v) is 4.41. The summed E-state index contributed by atoms with van der Waals surface area (Å²) in [5, 5.41) is 13.0. The molecule has 0 fully saturated rings. The molecule has 1 aromatic rings. The van der Waals surface area contributed by atoms with Gasteiger partial charge in [-0.1, -0.05) is 12.1 Å². The Balaban J connectivity index is 2.81. The van der Waals surface area contributed by atoms with Crippen LogP contribution in [0.25, 0.3) is 0 Å². The third kappa shape index (κ3) is 5.64. The fraction of sp³-hybridized carbons (Fsp3) is 0.417. The number of benzene rings is 1. The predicted molar refractivity (Wildman–Crippen MR) is 74.3 cm³/mol. The maximum Gasteiger partial charge on any atom is 0.472 e. The van der Waals surface area contributed by atoms with E-state index < -0.39 is 19.1 Å². The van der Waals surface area contributed by atoms with Gasteiger partial charge < -0.3 is 10.3 Å². The zero-order chi connectivity index (χ0) is 16.0. The molecule has 0 saturated carbocycles. The van der Waals surface area contributed by atoms with Crippen LogP contribution >= 0.6 is 0 Å². The third-order valence-corrected chi connectivity index (χ3v) is 2.63. The van der Waals surface area contributed by atoms with Crippen LogP contribution in [0, 0.1) is 0 Å². The normalized spacial score (nSPS) is 11.1. The average Bonchev–Trinajstić information content (AvgIpc) is 2.41. The molecule has 0 heterocycles. The van der Waals surface area contributed by atoms with Crippen molar-refractivity contribution in [2.75, 3.05) is 11.6 Å². The van der Waals surface area contributed by atoms with Crippen LogP contribution in [-0.2, 0) is 11.3 Å². The number of hydrogen-bond acceptors (Lipinski definition) is 4. The van der Waals surface area contributed by atoms with Crippen molar-refractivity contribution in [2.24, 2.45) is 0 Å². The molecular formula is C12H17BF3N3O2. The van der Waals surface area contributed by atoms with Crippen LogP contribution in [0.5, 0.6) is 0 Å². The highest BCUT2D eigenvalue weighted by molar-refractivity contribution is 6.45. The maximum atomic E-state index is 12.3. The average molecular weight is 303 g/mol. The fourth-order valence-corrected chi connectivity index (χ4v) is 1.61. The Morgan fingerprint density at radius 1 is 1.43 bits per heavy atom. The largest absolute Gasteiger partial charge is 0.472 e. The molecular weight excluding hydrogens is 286 g/mol. The first-order chi connectivity index (χ1) is 9.74. The molecule has 5 nitrogen and oxygen atoms in total. The van der Waals surface area contributed by atoms with E-state index in [0.717, 1.165) is 10.6 Å². The van der Waals surface area contributed by atoms with E-state index in [4.69, 9.17) is 5.02 Å². The van der Waals surface area contributed by atoms with Gasteiger partial charge in [0.1, 0.15) is 0 Å². The summed E-state index contributed by atoms with van der Waals surface area (Å²) < 4.78 is 36.8. The molecule has 3 N–H and O–H groups in total. The molecule has 1 rings (SSSR count). The summed E-state index contributed by atoms with van der Waals surface area (Å²) in [6, 6.07) is 6.65. The third-order valence-electron chi connectivity index (χ3n) is 2.63. The molecule has 9 heteroatoms. The van der Waals surface area contributed by atoms with Gasteiger partial charge in [-0.15, -0.1) is 0 Å². The summed E-state index contributed by atoms with van der Waals surface area (Å²) in [5.41, 5.74) is 3.02. The molecule has 0 unspecified atom stereocenters. The Bertz CT molecular complexity index is 483. The molecule has 0 saturated heterocycles. The van der Waals surface area contributed by atoms with Crippen LogP contribution in [0.15, 0.2) is 24.3 Å². The predicted octanol–water partition coefficient (Wildman–Crippen LogP) is 1.31. The molecule has 116 valence electrons. The first-order valence-corrected chi connectivity index (χ1v) is 6.39. The zero-order valence-electron chi connectivity index (χ0n) is 11.7. The molecule has 0 aliphatic rings. The molecule has 21 heavy (non-hydrogen) atoms. The van der Waals surface area contributed by atoms with E-state index in [2.05, 4.69) is 5.23 Å². The molecule has 0 atom stereocenters. The quantitative estimate of drug-likeness (QED) is 0.547. The summed E-state index contributed by atoms with van der Waals surface area (Å²) in [6.45, 7) is 3.72. The van der Waals surface area contributed by atoms with E-state index in [1.807, 2.05) is 5.43 Å². The van der Waals surface area contributed by atoms with E-state index in [9.17, 15) is 18.0 Å². The first kappa shape index (κ1) is 17.3. The Morgan fingerprint density at radius 2 is 2.10 bits per heavy atom. The van der Waals surface area contributed by atoms with Gasteiger partial charge in [0.25, 0.3) is 0 Å². The lowest BCUT2D eigenvalue weighted by molar-refractivity contribution is -0.173. The van der Waals surface area contributed by atoms with Crippen molar-refractivity contribution < 1.29 is 23.0 Å². The van der Waals surface area contributed by atoms with Gasteiger partial charge in [-0.3, -0.25) is 15.2 Å². The lowest BCUT2D eigenvalue weighted by Gasteiger charge is -2.24. The highest BCUT2D eigenvalue weighted by Crippen LogP contribution is 2.18. The summed E-state index contributed by atoms with van der Waals surface area (Å²) in [7, 11) is -0.694. The van der Waals surface area contributed by atoms with Crippen molar-refractivity contribution in [3.05, 3.63) is 29.8 Å². The molecule has 1 aromatic carbocycles. The SMILES string of the molecule is CCN(NC(=O)C(F)(F)F)c1cccc(CNB(C)O)c1. The van der Waals surface area contributed by atoms with E-state index >= 15 is 0 Å². The van der Waals surface area contributed by atoms with Crippen LogP contribution in [0.1, 0.15) is 12.5 Å². The molecule has 0 aliphatic heterocycles. The first-order valence-electron chi connectivity index (χ1n) is 6.39. The van der Waals surface area contributed by atoms with E-state index in [1.54, 1.807) is 38.0 Å². The highest BCUT2D eigenvalue weighted by Gasteiger charge is 2.39. The van der Waals surface area contributed by atoms with Gasteiger partial charge in [-0.25, -0.2) is 0 Å². The minimum Gasteiger partial charge on any atom is -0.437 e. The van der Waals surface area contributed by atoms with E-state index in [0.29, 0.717) is 12.2 Å². The number of carbonyl (C=O) groups is 1. The smallest absolute Gasteiger partial charge is 0.437 e. The number of nitrogens with one attached hydrogen (secondary N) is 2. The Labute approximate surface area is 121 Å². The van der Waals surface area contributed by atoms with E-state index in [-0.39, 0.29) is 6.54 Å². The summed E-state index contributed by atoms with van der Waals surface area (Å²) in [6.07, 6.45) is -4.93. The number of alkyl halides is 3. The molecule has 1 amide bonds. The van der Waals surface area contributed by atoms with Gasteiger partial charge in [0, 0.05) is 13.1 Å². The van der Waals surface area contributed by atoms with Gasteiger partial charge >= 0.3 is 19.1 Å². The standard InChI is InChI=1S/C12H17BF3N3O2/c1-3-19(18-11(20)12(14,15)16)10-6-4-5-9(7-10)8-17-13(2)21/h4-7,17,21H,3,8H2,1-2H3,(H,18,20). The van der Waals surface area contributed by atoms with Crippen molar-refractivity contribution >= 4 is 18.6 Å². The molecule has 0 spiro atoms. The molecule has 0 aromatic heterocycles. The number of carbonyl (C=O) groups excluding carboxylic acids is 1. The summed E-state index contributed by atoms with van der Waals surface area (Å²) >= 11 is 0. The van der Waals surface area contributed by atoms with Crippen molar-refractivity contribution in [3.8, 4) is 0 Å². The van der Waals surface area contributed by atoms with Crippen molar-refractivity contribution in [1.29, 1.82) is 0 Å². The maximum absolute atomic E-state index is 12.3. The Hall–Kier alpha value is -1.74. The number of hydrogen-bond donors (Lipinski definition) is 3. The van der Waals surface area contributed by atoms with Gasteiger partial charge in [0.2, 0.25) is 0 Å². The summed E-state index contributed by atoms with van der Waals surface area (Å²) in [5.74, 6) is -2.02. The Kier molecular flexibility index (Phi) is 6.04. The minimum atomic E-state index is -4.93. The van der Waals surface area contributed by atoms with Gasteiger partial charge in [0.05, 0.1) is 5.69 Å². The van der Waals surface area contributed by atoms with Gasteiger partial charge in [0.15, 0.2) is 0 Å². The molecule has 0 aliphatic carbocycles. The Morgan fingerprint density at radius 3 is 2.62 bits per heavy atom.